The highest BCUT2D eigenvalue weighted by atomic mass is 32.2. The smallest absolute Gasteiger partial charge is 0.150 e. The average molecular weight is 176 g/mol. The second-order valence-electron chi connectivity index (χ2n) is 3.16. The molecule has 64 valence electrons. The Kier molecular flexibility index (Phi) is 2.32. The first-order valence-electron chi connectivity index (χ1n) is 3.68. The molecule has 2 unspecified atom stereocenters. The van der Waals surface area contributed by atoms with Crippen molar-refractivity contribution in [3.63, 3.8) is 0 Å². The molecule has 1 aliphatic carbocycles. The van der Waals surface area contributed by atoms with Crippen LogP contribution in [-0.2, 0) is 14.6 Å². The predicted octanol–water partition coefficient (Wildman–Crippen LogP) is 0.399. The molecule has 0 spiro atoms. The van der Waals surface area contributed by atoms with Crippen molar-refractivity contribution in [1.82, 2.24) is 0 Å². The lowest BCUT2D eigenvalue weighted by atomic mass is 10.1. The number of hydrogen-bond donors (Lipinski definition) is 0. The minimum atomic E-state index is -2.90. The highest BCUT2D eigenvalue weighted by Crippen LogP contribution is 2.28. The summed E-state index contributed by atoms with van der Waals surface area (Å²) in [5, 5.41) is -0.266. The second kappa shape index (κ2) is 2.93. The largest absolute Gasteiger partial charge is 0.303 e. The molecule has 4 heteroatoms. The molecule has 1 saturated carbocycles. The van der Waals surface area contributed by atoms with E-state index in [0.717, 1.165) is 12.7 Å². The van der Waals surface area contributed by atoms with Gasteiger partial charge < -0.3 is 4.79 Å². The molecule has 0 N–H and O–H groups in total. The van der Waals surface area contributed by atoms with Crippen LogP contribution in [0.4, 0.5) is 0 Å². The monoisotopic (exact) mass is 176 g/mol. The molecule has 11 heavy (non-hydrogen) atoms. The van der Waals surface area contributed by atoms with Crippen LogP contribution in [0.1, 0.15) is 19.3 Å². The zero-order valence-corrected chi connectivity index (χ0v) is 7.30. The van der Waals surface area contributed by atoms with Crippen LogP contribution in [0.3, 0.4) is 0 Å². The summed E-state index contributed by atoms with van der Waals surface area (Å²) in [5.41, 5.74) is 0. The van der Waals surface area contributed by atoms with Gasteiger partial charge in [-0.15, -0.1) is 0 Å². The molecular formula is C7H12O3S. The zero-order chi connectivity index (χ0) is 8.48. The van der Waals surface area contributed by atoms with Crippen LogP contribution >= 0.6 is 0 Å². The Labute approximate surface area is 66.7 Å². The Bertz CT molecular complexity index is 242. The number of carbonyl (C=O) groups excluding carboxylic acids is 1. The van der Waals surface area contributed by atoms with Crippen molar-refractivity contribution >= 4 is 16.1 Å². The number of aldehydes is 1. The summed E-state index contributed by atoms with van der Waals surface area (Å²) in [6, 6.07) is 0. The second-order valence-corrected chi connectivity index (χ2v) is 5.49. The standard InChI is InChI=1S/C7H12O3S/c1-11(9,10)7-3-2-6(4-7)5-8/h5-7H,2-4H2,1H3. The third-order valence-electron chi connectivity index (χ3n) is 2.22. The Hall–Kier alpha value is -0.380. The van der Waals surface area contributed by atoms with Crippen LogP contribution in [0.5, 0.6) is 0 Å². The van der Waals surface area contributed by atoms with Gasteiger partial charge in [-0.25, -0.2) is 8.42 Å². The molecule has 0 aromatic carbocycles. The SMILES string of the molecule is CS(=O)(=O)C1CCC(C=O)C1. The minimum Gasteiger partial charge on any atom is -0.303 e. The van der Waals surface area contributed by atoms with Crippen molar-refractivity contribution in [2.24, 2.45) is 5.92 Å². The van der Waals surface area contributed by atoms with Crippen LogP contribution in [0.25, 0.3) is 0 Å². The fourth-order valence-corrected chi connectivity index (χ4v) is 2.65. The third kappa shape index (κ3) is 2.02. The maximum atomic E-state index is 11.0. The van der Waals surface area contributed by atoms with Gasteiger partial charge in [0.2, 0.25) is 0 Å². The van der Waals surface area contributed by atoms with Crippen LogP contribution in [-0.4, -0.2) is 26.2 Å². The first-order chi connectivity index (χ1) is 5.04. The van der Waals surface area contributed by atoms with E-state index in [2.05, 4.69) is 0 Å². The Morgan fingerprint density at radius 2 is 2.00 bits per heavy atom. The first kappa shape index (κ1) is 8.71. The van der Waals surface area contributed by atoms with Crippen molar-refractivity contribution in [2.75, 3.05) is 6.26 Å². The van der Waals surface area contributed by atoms with Gasteiger partial charge in [-0.2, -0.15) is 0 Å². The molecule has 0 saturated heterocycles. The van der Waals surface area contributed by atoms with Crippen molar-refractivity contribution in [1.29, 1.82) is 0 Å². The molecule has 0 bridgehead atoms. The van der Waals surface area contributed by atoms with E-state index >= 15 is 0 Å². The highest BCUT2D eigenvalue weighted by molar-refractivity contribution is 7.91. The molecule has 0 heterocycles. The molecule has 2 atom stereocenters. The van der Waals surface area contributed by atoms with Crippen LogP contribution in [0.2, 0.25) is 0 Å². The maximum absolute atomic E-state index is 11.0. The summed E-state index contributed by atoms with van der Waals surface area (Å²) >= 11 is 0. The fourth-order valence-electron chi connectivity index (χ4n) is 1.49. The van der Waals surface area contributed by atoms with E-state index in [1.54, 1.807) is 0 Å². The molecule has 0 aromatic heterocycles. The number of rotatable bonds is 2. The summed E-state index contributed by atoms with van der Waals surface area (Å²) in [5.74, 6) is -0.0188. The molecule has 1 aliphatic rings. The molecule has 0 aliphatic heterocycles. The third-order valence-corrected chi connectivity index (χ3v) is 3.86. The van der Waals surface area contributed by atoms with Crippen LogP contribution < -0.4 is 0 Å². The van der Waals surface area contributed by atoms with Gasteiger partial charge in [0.1, 0.15) is 16.1 Å². The van der Waals surface area contributed by atoms with E-state index in [9.17, 15) is 13.2 Å². The quantitative estimate of drug-likeness (QED) is 0.572. The van der Waals surface area contributed by atoms with E-state index < -0.39 is 9.84 Å². The summed E-state index contributed by atoms with van der Waals surface area (Å²) < 4.78 is 22.0. The Morgan fingerprint density at radius 3 is 2.27 bits per heavy atom. The lowest BCUT2D eigenvalue weighted by molar-refractivity contribution is -0.110. The van der Waals surface area contributed by atoms with E-state index in [4.69, 9.17) is 0 Å². The number of carbonyl (C=O) groups is 1. The van der Waals surface area contributed by atoms with E-state index in [-0.39, 0.29) is 11.2 Å². The van der Waals surface area contributed by atoms with E-state index in [1.807, 2.05) is 0 Å². The summed E-state index contributed by atoms with van der Waals surface area (Å²) in [4.78, 5) is 10.3. The Morgan fingerprint density at radius 1 is 1.36 bits per heavy atom. The molecule has 3 nitrogen and oxygen atoms in total. The lowest BCUT2D eigenvalue weighted by Crippen LogP contribution is -2.16. The highest BCUT2D eigenvalue weighted by Gasteiger charge is 2.30. The minimum absolute atomic E-state index is 0.0188. The van der Waals surface area contributed by atoms with Gasteiger partial charge in [-0.05, 0) is 19.3 Å². The van der Waals surface area contributed by atoms with Crippen molar-refractivity contribution in [3.8, 4) is 0 Å². The van der Waals surface area contributed by atoms with E-state index in [0.29, 0.717) is 12.8 Å². The first-order valence-corrected chi connectivity index (χ1v) is 5.63. The van der Waals surface area contributed by atoms with Crippen molar-refractivity contribution in [2.45, 2.75) is 24.5 Å². The maximum Gasteiger partial charge on any atom is 0.150 e. The van der Waals surface area contributed by atoms with Gasteiger partial charge in [0.25, 0.3) is 0 Å². The lowest BCUT2D eigenvalue weighted by Gasteiger charge is -2.04. The summed E-state index contributed by atoms with van der Waals surface area (Å²) in [6.07, 6.45) is 4.03. The summed E-state index contributed by atoms with van der Waals surface area (Å²) in [6.45, 7) is 0. The average Bonchev–Trinajstić information content (AvgIpc) is 2.32. The topological polar surface area (TPSA) is 51.2 Å². The van der Waals surface area contributed by atoms with E-state index in [1.165, 1.54) is 6.26 Å². The van der Waals surface area contributed by atoms with Gasteiger partial charge in [-0.1, -0.05) is 0 Å². The van der Waals surface area contributed by atoms with Gasteiger partial charge in [-0.3, -0.25) is 0 Å². The van der Waals surface area contributed by atoms with Gasteiger partial charge in [0, 0.05) is 12.2 Å². The van der Waals surface area contributed by atoms with Gasteiger partial charge in [0.05, 0.1) is 5.25 Å². The normalized spacial score (nSPS) is 32.1. The Balaban J connectivity index is 2.62. The van der Waals surface area contributed by atoms with Crippen LogP contribution in [0, 0.1) is 5.92 Å². The fraction of sp³-hybridized carbons (Fsp3) is 0.857. The number of sulfone groups is 1. The summed E-state index contributed by atoms with van der Waals surface area (Å²) in [7, 11) is -2.90. The van der Waals surface area contributed by atoms with Crippen molar-refractivity contribution < 1.29 is 13.2 Å². The predicted molar refractivity (Wildman–Crippen MR) is 42.0 cm³/mol. The molecular weight excluding hydrogens is 164 g/mol. The van der Waals surface area contributed by atoms with Gasteiger partial charge in [0.15, 0.2) is 0 Å². The number of hydrogen-bond acceptors (Lipinski definition) is 3. The van der Waals surface area contributed by atoms with Gasteiger partial charge >= 0.3 is 0 Å². The molecule has 0 amide bonds. The molecule has 0 radical (unpaired) electrons. The van der Waals surface area contributed by atoms with Crippen LogP contribution in [0.15, 0.2) is 0 Å². The zero-order valence-electron chi connectivity index (χ0n) is 6.49. The molecule has 1 fully saturated rings. The molecule has 1 rings (SSSR count). The van der Waals surface area contributed by atoms with Crippen molar-refractivity contribution in [3.05, 3.63) is 0 Å². The molecule has 0 aromatic rings.